The van der Waals surface area contributed by atoms with Gasteiger partial charge in [0.1, 0.15) is 6.07 Å². The van der Waals surface area contributed by atoms with Crippen molar-refractivity contribution in [3.8, 4) is 6.07 Å². The molecular formula is C24H28N4O4S. The summed E-state index contributed by atoms with van der Waals surface area (Å²) in [7, 11) is -4.20. The minimum atomic E-state index is -4.20. The summed E-state index contributed by atoms with van der Waals surface area (Å²) in [6.45, 7) is 4.66. The van der Waals surface area contributed by atoms with E-state index in [-0.39, 0.29) is 29.1 Å². The number of rotatable bonds is 8. The van der Waals surface area contributed by atoms with E-state index in [0.717, 1.165) is 0 Å². The Morgan fingerprint density at radius 2 is 1.88 bits per heavy atom. The van der Waals surface area contributed by atoms with Gasteiger partial charge in [0.15, 0.2) is 11.6 Å². The van der Waals surface area contributed by atoms with Crippen LogP contribution in [0.5, 0.6) is 0 Å². The lowest BCUT2D eigenvalue weighted by molar-refractivity contribution is -0.121. The second kappa shape index (κ2) is 10.7. The number of carbonyl (C=O) groups is 2. The molecule has 1 N–H and O–H groups in total. The average molecular weight is 469 g/mol. The van der Waals surface area contributed by atoms with E-state index in [1.807, 2.05) is 13.0 Å². The van der Waals surface area contributed by atoms with Crippen molar-refractivity contribution in [2.24, 2.45) is 5.92 Å². The molecule has 1 aromatic heterocycles. The molecule has 0 unspecified atom stereocenters. The lowest BCUT2D eigenvalue weighted by Gasteiger charge is -2.29. The van der Waals surface area contributed by atoms with Crippen LogP contribution in [0.15, 0.2) is 36.4 Å². The van der Waals surface area contributed by atoms with Crippen LogP contribution in [0.1, 0.15) is 59.8 Å². The maximum atomic E-state index is 13.6. The third kappa shape index (κ3) is 5.64. The van der Waals surface area contributed by atoms with E-state index in [2.05, 4.69) is 10.3 Å². The van der Waals surface area contributed by atoms with Gasteiger partial charge in [-0.3, -0.25) is 9.59 Å². The van der Waals surface area contributed by atoms with Crippen molar-refractivity contribution in [2.75, 3.05) is 17.4 Å². The number of hydrogen-bond donors (Lipinski definition) is 1. The zero-order valence-electron chi connectivity index (χ0n) is 18.9. The third-order valence-electron chi connectivity index (χ3n) is 5.64. The molecule has 0 radical (unpaired) electrons. The molecule has 2 heterocycles. The molecule has 0 aliphatic carbocycles. The van der Waals surface area contributed by atoms with Gasteiger partial charge in [0, 0.05) is 17.9 Å². The van der Waals surface area contributed by atoms with Crippen LogP contribution in [0.4, 0.5) is 5.82 Å². The molecule has 8 nitrogen and oxygen atoms in total. The number of nitrogens with one attached hydrogen (secondary N) is 1. The van der Waals surface area contributed by atoms with Crippen LogP contribution >= 0.6 is 0 Å². The summed E-state index contributed by atoms with van der Waals surface area (Å²) < 4.78 is 27.8. The molecule has 1 amide bonds. The first-order valence-corrected chi connectivity index (χ1v) is 12.7. The molecule has 0 spiro atoms. The van der Waals surface area contributed by atoms with Crippen molar-refractivity contribution in [3.63, 3.8) is 0 Å². The van der Waals surface area contributed by atoms with E-state index < -0.39 is 27.6 Å². The Morgan fingerprint density at radius 1 is 1.21 bits per heavy atom. The fourth-order valence-corrected chi connectivity index (χ4v) is 5.50. The summed E-state index contributed by atoms with van der Waals surface area (Å²) >= 11 is 0. The summed E-state index contributed by atoms with van der Waals surface area (Å²) in [6, 6.07) is 11.9. The first kappa shape index (κ1) is 24.6. The van der Waals surface area contributed by atoms with E-state index >= 15 is 0 Å². The number of pyridine rings is 1. The molecule has 0 bridgehead atoms. The van der Waals surface area contributed by atoms with Crippen molar-refractivity contribution in [1.82, 2.24) is 10.3 Å². The molecule has 1 aliphatic heterocycles. The van der Waals surface area contributed by atoms with Gasteiger partial charge >= 0.3 is 0 Å². The smallest absolute Gasteiger partial charge is 0.247 e. The number of Topliss-reactive ketones (excluding diaryl/α,β-unsaturated/α-hetero) is 1. The van der Waals surface area contributed by atoms with Gasteiger partial charge in [-0.25, -0.2) is 13.4 Å². The van der Waals surface area contributed by atoms with Gasteiger partial charge in [-0.15, -0.1) is 0 Å². The number of carbonyl (C=O) groups excluding carboxylic acids is 2. The van der Waals surface area contributed by atoms with Crippen LogP contribution in [-0.2, 0) is 20.6 Å². The third-order valence-corrected chi connectivity index (χ3v) is 7.25. The van der Waals surface area contributed by atoms with Crippen LogP contribution in [0, 0.1) is 24.2 Å². The van der Waals surface area contributed by atoms with E-state index in [1.54, 1.807) is 37.3 Å². The minimum absolute atomic E-state index is 0.112. The van der Waals surface area contributed by atoms with Gasteiger partial charge in [-0.1, -0.05) is 37.3 Å². The lowest BCUT2D eigenvalue weighted by Crippen LogP contribution is -2.45. The maximum absolute atomic E-state index is 13.6. The minimum Gasteiger partial charge on any atom is -0.317 e. The van der Waals surface area contributed by atoms with Gasteiger partial charge in [0.25, 0.3) is 0 Å². The zero-order chi connectivity index (χ0) is 24.0. The molecule has 1 fully saturated rings. The number of aryl methyl sites for hydroxylation is 1. The molecule has 2 aromatic rings. The molecule has 174 valence electrons. The predicted octanol–water partition coefficient (Wildman–Crippen LogP) is 3.11. The van der Waals surface area contributed by atoms with Gasteiger partial charge in [-0.05, 0) is 50.9 Å². The molecule has 3 rings (SSSR count). The molecule has 1 aliphatic rings. The summed E-state index contributed by atoms with van der Waals surface area (Å²) in [4.78, 5) is 30.4. The Morgan fingerprint density at radius 3 is 2.48 bits per heavy atom. The summed E-state index contributed by atoms with van der Waals surface area (Å²) in [6.07, 6.45) is 1.90. The van der Waals surface area contributed by atoms with Crippen molar-refractivity contribution < 1.29 is 18.0 Å². The number of nitrogens with zero attached hydrogens (tertiary/aromatic N) is 3. The van der Waals surface area contributed by atoms with Crippen molar-refractivity contribution >= 4 is 27.5 Å². The Kier molecular flexibility index (Phi) is 7.95. The normalized spacial score (nSPS) is 14.5. The fourth-order valence-electron chi connectivity index (χ4n) is 3.93. The molecule has 33 heavy (non-hydrogen) atoms. The molecule has 1 aromatic carbocycles. The number of ketones is 1. The number of sulfonamides is 1. The Balaban J connectivity index is 2.13. The van der Waals surface area contributed by atoms with Gasteiger partial charge in [-0.2, -0.15) is 9.57 Å². The van der Waals surface area contributed by atoms with Gasteiger partial charge < -0.3 is 5.32 Å². The number of benzene rings is 1. The highest BCUT2D eigenvalue weighted by Crippen LogP contribution is 2.29. The molecule has 0 saturated carbocycles. The van der Waals surface area contributed by atoms with Crippen LogP contribution < -0.4 is 9.62 Å². The first-order chi connectivity index (χ1) is 15.8. The summed E-state index contributed by atoms with van der Waals surface area (Å²) in [5.41, 5.74) is 0.969. The lowest BCUT2D eigenvalue weighted by atomic mass is 9.97. The predicted molar refractivity (Wildman–Crippen MR) is 125 cm³/mol. The number of aromatic nitrogens is 1. The van der Waals surface area contributed by atoms with E-state index in [9.17, 15) is 23.3 Å². The van der Waals surface area contributed by atoms with Crippen LogP contribution in [0.25, 0.3) is 0 Å². The Labute approximate surface area is 194 Å². The highest BCUT2D eigenvalue weighted by molar-refractivity contribution is 7.92. The molecule has 0 atom stereocenters. The molecular weight excluding hydrogens is 440 g/mol. The Hall–Kier alpha value is -3.09. The molecule has 1 saturated heterocycles. The monoisotopic (exact) mass is 468 g/mol. The maximum Gasteiger partial charge on any atom is 0.247 e. The van der Waals surface area contributed by atoms with Crippen LogP contribution in [0.3, 0.4) is 0 Å². The van der Waals surface area contributed by atoms with Gasteiger partial charge in [0.2, 0.25) is 15.9 Å². The van der Waals surface area contributed by atoms with Crippen molar-refractivity contribution in [1.29, 1.82) is 5.26 Å². The van der Waals surface area contributed by atoms with Crippen molar-refractivity contribution in [3.05, 3.63) is 58.8 Å². The van der Waals surface area contributed by atoms with Crippen LogP contribution in [-0.4, -0.2) is 38.2 Å². The zero-order valence-corrected chi connectivity index (χ0v) is 19.7. The quantitative estimate of drug-likeness (QED) is 0.591. The highest BCUT2D eigenvalue weighted by Gasteiger charge is 2.37. The molecule has 9 heteroatoms. The number of hydrogen-bond acceptors (Lipinski definition) is 7. The number of amides is 1. The number of piperidine rings is 1. The van der Waals surface area contributed by atoms with E-state index in [4.69, 9.17) is 0 Å². The van der Waals surface area contributed by atoms with Gasteiger partial charge in [0.05, 0.1) is 17.0 Å². The highest BCUT2D eigenvalue weighted by atomic mass is 32.2. The number of anilines is 1. The average Bonchev–Trinajstić information content (AvgIpc) is 2.80. The summed E-state index contributed by atoms with van der Waals surface area (Å²) in [5, 5.41) is 13.0. The first-order valence-electron chi connectivity index (χ1n) is 11.0. The topological polar surface area (TPSA) is 120 Å². The van der Waals surface area contributed by atoms with E-state index in [1.165, 1.54) is 6.07 Å². The van der Waals surface area contributed by atoms with Crippen LogP contribution in [0.2, 0.25) is 0 Å². The SMILES string of the molecule is CCCC(=O)c1cc(C#N)c(N(C(=O)C2CCNCC2)S(=O)(=O)Cc2ccccc2)nc1C. The largest absolute Gasteiger partial charge is 0.317 e. The van der Waals surface area contributed by atoms with Crippen molar-refractivity contribution in [2.45, 2.75) is 45.3 Å². The Bertz CT molecular complexity index is 1170. The second-order valence-electron chi connectivity index (χ2n) is 8.15. The summed E-state index contributed by atoms with van der Waals surface area (Å²) in [5.74, 6) is -1.92. The standard InChI is InChI=1S/C24H28N4O4S/c1-3-7-22(29)21-14-20(15-25)23(27-17(21)2)28(24(30)19-10-12-26-13-11-19)33(31,32)16-18-8-5-4-6-9-18/h4-6,8-9,14,19,26H,3,7,10-13,16H2,1-2H3. The second-order valence-corrected chi connectivity index (χ2v) is 9.96. The fraction of sp³-hybridized carbons (Fsp3) is 0.417. The number of nitriles is 1. The van der Waals surface area contributed by atoms with E-state index in [0.29, 0.717) is 47.9 Å².